The highest BCUT2D eigenvalue weighted by atomic mass is 16.3. The molecule has 0 radical (unpaired) electrons. The molecule has 3 aromatic rings. The summed E-state index contributed by atoms with van der Waals surface area (Å²) in [6.45, 7) is 2.94. The Morgan fingerprint density at radius 1 is 1.23 bits per heavy atom. The summed E-state index contributed by atoms with van der Waals surface area (Å²) in [5.74, 6) is -0.220. The number of hydrogen-bond acceptors (Lipinski definition) is 3. The molecule has 31 heavy (non-hydrogen) atoms. The third-order valence-corrected chi connectivity index (χ3v) is 7.37. The van der Waals surface area contributed by atoms with E-state index in [4.69, 9.17) is 0 Å². The SMILES string of the molecule is Cc1ccn(CCc2c[nH]c3ccccc23)c(=O)c1C(=O)N1CCC[C@@]12CCC[C@H]2O. The molecule has 0 unspecified atom stereocenters. The van der Waals surface area contributed by atoms with Gasteiger partial charge in [-0.3, -0.25) is 9.59 Å². The van der Waals surface area contributed by atoms with E-state index in [1.54, 1.807) is 15.7 Å². The van der Waals surface area contributed by atoms with Gasteiger partial charge in [-0.1, -0.05) is 18.2 Å². The number of aromatic nitrogens is 2. The van der Waals surface area contributed by atoms with Crippen LogP contribution in [-0.2, 0) is 13.0 Å². The van der Waals surface area contributed by atoms with Gasteiger partial charge in [0, 0.05) is 36.4 Å². The van der Waals surface area contributed by atoms with E-state index in [0.29, 0.717) is 25.1 Å². The van der Waals surface area contributed by atoms with Crippen molar-refractivity contribution in [2.75, 3.05) is 6.54 Å². The Hall–Kier alpha value is -2.86. The van der Waals surface area contributed by atoms with E-state index in [9.17, 15) is 14.7 Å². The number of pyridine rings is 1. The molecule has 6 nitrogen and oxygen atoms in total. The van der Waals surface area contributed by atoms with E-state index in [-0.39, 0.29) is 17.0 Å². The van der Waals surface area contributed by atoms with E-state index in [1.165, 1.54) is 0 Å². The van der Waals surface area contributed by atoms with Gasteiger partial charge in [-0.25, -0.2) is 0 Å². The second-order valence-corrected chi connectivity index (χ2v) is 9.05. The highest BCUT2D eigenvalue weighted by molar-refractivity contribution is 5.96. The number of amides is 1. The minimum absolute atomic E-state index is 0.220. The Bertz CT molecular complexity index is 1190. The van der Waals surface area contributed by atoms with Crippen molar-refractivity contribution in [3.05, 3.63) is 69.8 Å². The number of H-pyrrole nitrogens is 1. The number of aromatic amines is 1. The number of nitrogens with zero attached hydrogens (tertiary/aromatic N) is 2. The van der Waals surface area contributed by atoms with E-state index in [2.05, 4.69) is 11.1 Å². The molecule has 1 spiro atoms. The third kappa shape index (κ3) is 3.21. The summed E-state index contributed by atoms with van der Waals surface area (Å²) in [5, 5.41) is 11.8. The third-order valence-electron chi connectivity index (χ3n) is 7.37. The van der Waals surface area contributed by atoms with Crippen LogP contribution in [-0.4, -0.2) is 43.7 Å². The van der Waals surface area contributed by atoms with Crippen molar-refractivity contribution in [3.8, 4) is 0 Å². The zero-order valence-corrected chi connectivity index (χ0v) is 17.9. The number of para-hydroxylation sites is 1. The molecular weight excluding hydrogens is 390 g/mol. The van der Waals surface area contributed by atoms with Crippen LogP contribution in [0.1, 0.15) is 53.6 Å². The average Bonchev–Trinajstić information content (AvgIpc) is 3.47. The molecule has 2 atom stereocenters. The highest BCUT2D eigenvalue weighted by Gasteiger charge is 2.51. The number of fused-ring (bicyclic) bond motifs is 1. The van der Waals surface area contributed by atoms with E-state index >= 15 is 0 Å². The first-order valence-corrected chi connectivity index (χ1v) is 11.3. The van der Waals surface area contributed by atoms with Crippen molar-refractivity contribution >= 4 is 16.8 Å². The molecule has 5 rings (SSSR count). The van der Waals surface area contributed by atoms with Crippen molar-refractivity contribution in [1.82, 2.24) is 14.5 Å². The molecule has 1 amide bonds. The summed E-state index contributed by atoms with van der Waals surface area (Å²) in [5.41, 5.74) is 2.47. The molecule has 1 saturated heterocycles. The molecule has 6 heteroatoms. The van der Waals surface area contributed by atoms with Crippen molar-refractivity contribution < 1.29 is 9.90 Å². The second-order valence-electron chi connectivity index (χ2n) is 9.05. The number of rotatable bonds is 4. The summed E-state index contributed by atoms with van der Waals surface area (Å²) in [4.78, 5) is 32.0. The van der Waals surface area contributed by atoms with E-state index in [0.717, 1.165) is 48.6 Å². The molecule has 2 fully saturated rings. The van der Waals surface area contributed by atoms with Gasteiger partial charge in [-0.2, -0.15) is 0 Å². The fraction of sp³-hybridized carbons (Fsp3) is 0.440. The first kappa shape index (κ1) is 20.1. The fourth-order valence-electron chi connectivity index (χ4n) is 5.66. The van der Waals surface area contributed by atoms with Crippen molar-refractivity contribution in [1.29, 1.82) is 0 Å². The van der Waals surface area contributed by atoms with Crippen LogP contribution in [0.3, 0.4) is 0 Å². The molecule has 0 bridgehead atoms. The Labute approximate surface area is 181 Å². The smallest absolute Gasteiger partial charge is 0.263 e. The predicted octanol–water partition coefficient (Wildman–Crippen LogP) is 3.40. The first-order valence-electron chi connectivity index (χ1n) is 11.3. The zero-order valence-electron chi connectivity index (χ0n) is 17.9. The standard InChI is InChI=1S/C25H29N3O3/c1-17-9-14-27(15-10-18-16-26-20-7-3-2-6-19(18)20)23(30)22(17)24(31)28-13-5-12-25(28)11-4-8-21(25)29/h2-3,6-7,9,14,16,21,26,29H,4-5,8,10-13,15H2,1H3/t21-,25-/m1/s1. The van der Waals surface area contributed by atoms with Gasteiger partial charge in [-0.05, 0) is 68.7 Å². The lowest BCUT2D eigenvalue weighted by molar-refractivity contribution is 0.0149. The van der Waals surface area contributed by atoms with Gasteiger partial charge in [0.15, 0.2) is 0 Å². The number of carbonyl (C=O) groups excluding carboxylic acids is 1. The molecule has 3 heterocycles. The number of aliphatic hydroxyl groups is 1. The van der Waals surface area contributed by atoms with Crippen molar-refractivity contribution in [3.63, 3.8) is 0 Å². The Morgan fingerprint density at radius 3 is 2.84 bits per heavy atom. The van der Waals surface area contributed by atoms with E-state index < -0.39 is 11.6 Å². The molecule has 1 aliphatic heterocycles. The Balaban J connectivity index is 1.43. The number of nitrogens with one attached hydrogen (secondary N) is 1. The van der Waals surface area contributed by atoms with Gasteiger partial charge < -0.3 is 19.6 Å². The number of hydrogen-bond donors (Lipinski definition) is 2. The molecule has 1 saturated carbocycles. The van der Waals surface area contributed by atoms with Crippen LogP contribution in [0.2, 0.25) is 0 Å². The predicted molar refractivity (Wildman–Crippen MR) is 120 cm³/mol. The summed E-state index contributed by atoms with van der Waals surface area (Å²) in [7, 11) is 0. The topological polar surface area (TPSA) is 78.3 Å². The number of aryl methyl sites for hydroxylation is 3. The fourth-order valence-corrected chi connectivity index (χ4v) is 5.66. The minimum Gasteiger partial charge on any atom is -0.391 e. The Morgan fingerprint density at radius 2 is 2.03 bits per heavy atom. The van der Waals surface area contributed by atoms with E-state index in [1.807, 2.05) is 37.4 Å². The highest BCUT2D eigenvalue weighted by Crippen LogP contribution is 2.43. The lowest BCUT2D eigenvalue weighted by Gasteiger charge is -2.38. The summed E-state index contributed by atoms with van der Waals surface area (Å²) in [6, 6.07) is 9.98. The molecule has 2 aromatic heterocycles. The normalized spacial score (nSPS) is 23.3. The van der Waals surface area contributed by atoms with Crippen LogP contribution in [0.15, 0.2) is 47.5 Å². The number of likely N-dealkylation sites (tertiary alicyclic amines) is 1. The minimum atomic E-state index is -0.493. The van der Waals surface area contributed by atoms with Gasteiger partial charge >= 0.3 is 0 Å². The average molecular weight is 420 g/mol. The van der Waals surface area contributed by atoms with Crippen LogP contribution in [0.25, 0.3) is 10.9 Å². The molecule has 2 aliphatic rings. The van der Waals surface area contributed by atoms with Gasteiger partial charge in [-0.15, -0.1) is 0 Å². The first-order chi connectivity index (χ1) is 15.0. The second kappa shape index (κ2) is 7.68. The monoisotopic (exact) mass is 419 g/mol. The maximum Gasteiger partial charge on any atom is 0.263 e. The lowest BCUT2D eigenvalue weighted by atomic mass is 9.91. The zero-order chi connectivity index (χ0) is 21.6. The van der Waals surface area contributed by atoms with Crippen LogP contribution in [0.4, 0.5) is 0 Å². The van der Waals surface area contributed by atoms with Crippen molar-refractivity contribution in [2.24, 2.45) is 0 Å². The summed E-state index contributed by atoms with van der Waals surface area (Å²) < 4.78 is 1.65. The van der Waals surface area contributed by atoms with Crippen molar-refractivity contribution in [2.45, 2.75) is 63.6 Å². The number of aliphatic hydroxyl groups excluding tert-OH is 1. The maximum absolute atomic E-state index is 13.6. The van der Waals surface area contributed by atoms with Gasteiger partial charge in [0.1, 0.15) is 5.56 Å². The maximum atomic E-state index is 13.6. The number of carbonyl (C=O) groups is 1. The van der Waals surface area contributed by atoms with Gasteiger partial charge in [0.25, 0.3) is 11.5 Å². The largest absolute Gasteiger partial charge is 0.391 e. The van der Waals surface area contributed by atoms with Gasteiger partial charge in [0.2, 0.25) is 0 Å². The van der Waals surface area contributed by atoms with Crippen LogP contribution < -0.4 is 5.56 Å². The summed E-state index contributed by atoms with van der Waals surface area (Å²) in [6.07, 6.45) is 8.16. The van der Waals surface area contributed by atoms with Crippen LogP contribution in [0.5, 0.6) is 0 Å². The molecule has 162 valence electrons. The van der Waals surface area contributed by atoms with Crippen LogP contribution >= 0.6 is 0 Å². The number of benzene rings is 1. The quantitative estimate of drug-likeness (QED) is 0.680. The molecular formula is C25H29N3O3. The molecule has 1 aliphatic carbocycles. The lowest BCUT2D eigenvalue weighted by Crippen LogP contribution is -2.53. The molecule has 2 N–H and O–H groups in total. The Kier molecular flexibility index (Phi) is 4.97. The van der Waals surface area contributed by atoms with Crippen LogP contribution in [0, 0.1) is 6.92 Å². The molecule has 1 aromatic carbocycles. The van der Waals surface area contributed by atoms with Gasteiger partial charge in [0.05, 0.1) is 11.6 Å². The summed E-state index contributed by atoms with van der Waals surface area (Å²) >= 11 is 0.